The van der Waals surface area contributed by atoms with E-state index < -0.39 is 6.04 Å². The topological polar surface area (TPSA) is 113 Å². The van der Waals surface area contributed by atoms with E-state index in [4.69, 9.17) is 14.2 Å². The van der Waals surface area contributed by atoms with Crippen molar-refractivity contribution in [1.29, 1.82) is 0 Å². The number of nitrogens with zero attached hydrogens (tertiary/aromatic N) is 3. The van der Waals surface area contributed by atoms with Gasteiger partial charge in [0.15, 0.2) is 22.3 Å². The molecule has 2 N–H and O–H groups in total. The maximum Gasteiger partial charge on any atom is 0.284 e. The summed E-state index contributed by atoms with van der Waals surface area (Å²) in [5.41, 5.74) is 2.54. The molecule has 11 heteroatoms. The number of amides is 2. The minimum absolute atomic E-state index is 0.0849. The number of thiazole rings is 1. The van der Waals surface area contributed by atoms with Gasteiger partial charge in [-0.2, -0.15) is 0 Å². The molecule has 3 heterocycles. The second-order valence-corrected chi connectivity index (χ2v) is 12.2. The van der Waals surface area contributed by atoms with Gasteiger partial charge in [-0.25, -0.2) is 4.98 Å². The number of ether oxygens (including phenoxy) is 3. The van der Waals surface area contributed by atoms with Crippen LogP contribution >= 0.6 is 11.3 Å². The molecule has 224 valence electrons. The lowest BCUT2D eigenvalue weighted by molar-refractivity contribution is 0.0343. The molecular formula is C32H34N4O6S. The van der Waals surface area contributed by atoms with Crippen LogP contribution < -0.4 is 19.5 Å². The number of anilines is 1. The molecule has 2 aliphatic rings. The summed E-state index contributed by atoms with van der Waals surface area (Å²) in [6.07, 6.45) is -0.334. The number of hydrogen-bond donors (Lipinski definition) is 2. The Morgan fingerprint density at radius 3 is 2.79 bits per heavy atom. The van der Waals surface area contributed by atoms with Crippen LogP contribution in [0.1, 0.15) is 39.6 Å². The third-order valence-corrected chi connectivity index (χ3v) is 8.84. The monoisotopic (exact) mass is 602 g/mol. The van der Waals surface area contributed by atoms with Crippen LogP contribution in [0.15, 0.2) is 60.7 Å². The fraction of sp³-hybridized carbons (Fsp3) is 0.344. The normalized spacial score (nSPS) is 18.6. The Labute approximate surface area is 253 Å². The van der Waals surface area contributed by atoms with E-state index in [-0.39, 0.29) is 37.2 Å². The molecule has 3 aromatic carbocycles. The van der Waals surface area contributed by atoms with Gasteiger partial charge in [-0.3, -0.25) is 14.5 Å². The van der Waals surface area contributed by atoms with E-state index in [0.29, 0.717) is 41.6 Å². The first kappa shape index (κ1) is 28.9. The Kier molecular flexibility index (Phi) is 8.20. The van der Waals surface area contributed by atoms with Gasteiger partial charge in [-0.15, -0.1) is 11.3 Å². The quantitative estimate of drug-likeness (QED) is 0.300. The largest absolute Gasteiger partial charge is 0.486 e. The van der Waals surface area contributed by atoms with Gasteiger partial charge >= 0.3 is 0 Å². The average Bonchev–Trinajstić information content (AvgIpc) is 3.66. The Balaban J connectivity index is 1.29. The molecule has 10 nitrogen and oxygen atoms in total. The standard InChI is InChI=1S/C32H34N4O6S/c1-19-14-36(20(2)17-37)32(39)22-7-6-9-24(33-30(38)31-34-23-8-4-5-10-28(23)43-31)29(22)42-27(19)16-35(3)15-21-11-12-25-26(13-21)41-18-40-25/h4-13,19-20,27,37H,14-18H2,1-3H3,(H,33,38)/t19-,20-,27-/m0/s1. The predicted molar refractivity (Wildman–Crippen MR) is 164 cm³/mol. The van der Waals surface area contributed by atoms with E-state index in [1.807, 2.05) is 63.4 Å². The molecule has 2 aliphatic heterocycles. The summed E-state index contributed by atoms with van der Waals surface area (Å²) in [4.78, 5) is 35.5. The fourth-order valence-electron chi connectivity index (χ4n) is 5.43. The molecule has 0 spiro atoms. The van der Waals surface area contributed by atoms with Crippen LogP contribution in [0.25, 0.3) is 10.2 Å². The van der Waals surface area contributed by atoms with Gasteiger partial charge in [0.05, 0.1) is 34.1 Å². The molecule has 0 saturated carbocycles. The highest BCUT2D eigenvalue weighted by Gasteiger charge is 2.35. The van der Waals surface area contributed by atoms with E-state index in [1.165, 1.54) is 11.3 Å². The molecule has 6 rings (SSSR count). The molecule has 4 aromatic rings. The Bertz CT molecular complexity index is 1630. The fourth-order valence-corrected chi connectivity index (χ4v) is 6.29. The molecule has 0 saturated heterocycles. The lowest BCUT2D eigenvalue weighted by Gasteiger charge is -2.38. The number of aliphatic hydroxyl groups excluding tert-OH is 1. The number of para-hydroxylation sites is 2. The highest BCUT2D eigenvalue weighted by Crippen LogP contribution is 2.36. The zero-order valence-electron chi connectivity index (χ0n) is 24.3. The number of carbonyl (C=O) groups excluding carboxylic acids is 2. The van der Waals surface area contributed by atoms with Crippen LogP contribution in [0.4, 0.5) is 5.69 Å². The predicted octanol–water partition coefficient (Wildman–Crippen LogP) is 4.63. The van der Waals surface area contributed by atoms with Gasteiger partial charge in [0.25, 0.3) is 11.8 Å². The molecule has 0 bridgehead atoms. The van der Waals surface area contributed by atoms with Gasteiger partial charge in [0.2, 0.25) is 6.79 Å². The summed E-state index contributed by atoms with van der Waals surface area (Å²) in [5.74, 6) is 1.06. The van der Waals surface area contributed by atoms with Gasteiger partial charge in [-0.05, 0) is 55.9 Å². The minimum atomic E-state index is -0.395. The van der Waals surface area contributed by atoms with Crippen LogP contribution in [-0.4, -0.2) is 77.4 Å². The van der Waals surface area contributed by atoms with Crippen molar-refractivity contribution in [2.75, 3.05) is 38.9 Å². The van der Waals surface area contributed by atoms with Crippen molar-refractivity contribution in [2.45, 2.75) is 32.5 Å². The summed E-state index contributed by atoms with van der Waals surface area (Å²) in [6, 6.07) is 18.3. The van der Waals surface area contributed by atoms with Crippen LogP contribution in [0, 0.1) is 5.92 Å². The van der Waals surface area contributed by atoms with Gasteiger partial charge < -0.3 is 29.5 Å². The maximum atomic E-state index is 13.8. The van der Waals surface area contributed by atoms with Crippen molar-refractivity contribution < 1.29 is 28.9 Å². The molecule has 3 atom stereocenters. The lowest BCUT2D eigenvalue weighted by atomic mass is 9.98. The van der Waals surface area contributed by atoms with Crippen molar-refractivity contribution in [1.82, 2.24) is 14.8 Å². The second-order valence-electron chi connectivity index (χ2n) is 11.1. The SMILES string of the molecule is C[C@H]1CN([C@@H](C)CO)C(=O)c2cccc(NC(=O)c3nc4ccccc4s3)c2O[C@H]1CN(C)Cc1ccc2c(c1)OCO2. The number of hydrogen-bond acceptors (Lipinski definition) is 9. The number of fused-ring (bicyclic) bond motifs is 3. The number of rotatable bonds is 8. The lowest BCUT2D eigenvalue weighted by Crippen LogP contribution is -2.49. The highest BCUT2D eigenvalue weighted by molar-refractivity contribution is 7.20. The van der Waals surface area contributed by atoms with Crippen LogP contribution in [0.3, 0.4) is 0 Å². The zero-order valence-corrected chi connectivity index (χ0v) is 25.1. The van der Waals surface area contributed by atoms with Crippen molar-refractivity contribution in [3.8, 4) is 17.2 Å². The first-order chi connectivity index (χ1) is 20.8. The third kappa shape index (κ3) is 6.01. The summed E-state index contributed by atoms with van der Waals surface area (Å²) >= 11 is 1.30. The highest BCUT2D eigenvalue weighted by atomic mass is 32.1. The minimum Gasteiger partial charge on any atom is -0.486 e. The van der Waals surface area contributed by atoms with Crippen molar-refractivity contribution in [3.63, 3.8) is 0 Å². The van der Waals surface area contributed by atoms with Crippen LogP contribution in [-0.2, 0) is 6.54 Å². The summed E-state index contributed by atoms with van der Waals surface area (Å²) in [6.45, 7) is 5.51. The molecule has 2 amide bonds. The number of carbonyl (C=O) groups is 2. The van der Waals surface area contributed by atoms with Gasteiger partial charge in [0, 0.05) is 25.6 Å². The van der Waals surface area contributed by atoms with Crippen LogP contribution in [0.5, 0.6) is 17.2 Å². The molecule has 43 heavy (non-hydrogen) atoms. The number of likely N-dealkylation sites (N-methyl/N-ethyl adjacent to an activating group) is 1. The number of benzene rings is 3. The van der Waals surface area contributed by atoms with Crippen molar-refractivity contribution >= 4 is 39.1 Å². The summed E-state index contributed by atoms with van der Waals surface area (Å²) < 4.78 is 18.6. The number of aromatic nitrogens is 1. The van der Waals surface area contributed by atoms with E-state index in [0.717, 1.165) is 27.3 Å². The average molecular weight is 603 g/mol. The van der Waals surface area contributed by atoms with Crippen LogP contribution in [0.2, 0.25) is 0 Å². The molecule has 0 aliphatic carbocycles. The van der Waals surface area contributed by atoms with E-state index in [1.54, 1.807) is 23.1 Å². The number of nitrogens with one attached hydrogen (secondary N) is 1. The third-order valence-electron chi connectivity index (χ3n) is 7.81. The van der Waals surface area contributed by atoms with Crippen molar-refractivity contribution in [2.24, 2.45) is 5.92 Å². The second kappa shape index (κ2) is 12.2. The first-order valence-electron chi connectivity index (χ1n) is 14.3. The van der Waals surface area contributed by atoms with Gasteiger partial charge in [-0.1, -0.05) is 31.2 Å². The number of aliphatic hydroxyl groups is 1. The van der Waals surface area contributed by atoms with E-state index in [9.17, 15) is 14.7 Å². The summed E-state index contributed by atoms with van der Waals surface area (Å²) in [5, 5.41) is 13.3. The molecule has 0 unspecified atom stereocenters. The van der Waals surface area contributed by atoms with E-state index in [2.05, 4.69) is 15.2 Å². The first-order valence-corrected chi connectivity index (χ1v) is 15.1. The van der Waals surface area contributed by atoms with Crippen molar-refractivity contribution in [3.05, 3.63) is 76.8 Å². The molecular weight excluding hydrogens is 568 g/mol. The smallest absolute Gasteiger partial charge is 0.284 e. The molecule has 0 fully saturated rings. The Morgan fingerprint density at radius 2 is 1.98 bits per heavy atom. The summed E-state index contributed by atoms with van der Waals surface area (Å²) in [7, 11) is 2.01. The molecule has 0 radical (unpaired) electrons. The Hall–Kier alpha value is -4.19. The zero-order chi connectivity index (χ0) is 30.1. The Morgan fingerprint density at radius 1 is 1.16 bits per heavy atom. The van der Waals surface area contributed by atoms with Gasteiger partial charge in [0.1, 0.15) is 6.10 Å². The van der Waals surface area contributed by atoms with E-state index >= 15 is 0 Å². The maximum absolute atomic E-state index is 13.8. The molecule has 1 aromatic heterocycles.